The molecule has 0 fully saturated rings. The molecule has 0 aromatic carbocycles. The Morgan fingerprint density at radius 1 is 1.33 bits per heavy atom. The van der Waals surface area contributed by atoms with Crippen molar-refractivity contribution in [1.29, 1.82) is 0 Å². The van der Waals surface area contributed by atoms with Gasteiger partial charge >= 0.3 is 0 Å². The fraction of sp³-hybridized carbons (Fsp3) is 0.455. The number of hydrogen-bond acceptors (Lipinski definition) is 0. The van der Waals surface area contributed by atoms with Crippen molar-refractivity contribution in [3.05, 3.63) is 23.5 Å². The van der Waals surface area contributed by atoms with Crippen LogP contribution in [-0.2, 0) is 6.54 Å². The molecule has 1 aromatic heterocycles. The average molecular weight is 161 g/mol. The maximum Gasteiger partial charge on any atom is 0.0233 e. The molecule has 0 amide bonds. The Morgan fingerprint density at radius 3 is 2.42 bits per heavy atom. The summed E-state index contributed by atoms with van der Waals surface area (Å²) in [7, 11) is 0. The van der Waals surface area contributed by atoms with Crippen molar-refractivity contribution in [3.8, 4) is 12.3 Å². The van der Waals surface area contributed by atoms with Crippen molar-refractivity contribution >= 4 is 0 Å². The number of nitrogens with zero attached hydrogens (tertiary/aromatic N) is 1. The van der Waals surface area contributed by atoms with Gasteiger partial charge in [0.1, 0.15) is 0 Å². The van der Waals surface area contributed by atoms with Crippen LogP contribution < -0.4 is 0 Å². The van der Waals surface area contributed by atoms with Crippen LogP contribution in [0.4, 0.5) is 0 Å². The van der Waals surface area contributed by atoms with Crippen molar-refractivity contribution in [2.75, 3.05) is 0 Å². The predicted molar refractivity (Wildman–Crippen MR) is 52.0 cm³/mol. The quantitative estimate of drug-likeness (QED) is 0.474. The van der Waals surface area contributed by atoms with Gasteiger partial charge in [0.15, 0.2) is 0 Å². The third-order valence-corrected chi connectivity index (χ3v) is 2.12. The van der Waals surface area contributed by atoms with Gasteiger partial charge in [-0.05, 0) is 32.4 Å². The molecule has 1 aromatic rings. The van der Waals surface area contributed by atoms with E-state index >= 15 is 0 Å². The lowest BCUT2D eigenvalue weighted by molar-refractivity contribution is 0.629. The second kappa shape index (κ2) is 4.01. The van der Waals surface area contributed by atoms with Crippen molar-refractivity contribution < 1.29 is 0 Å². The molecule has 0 unspecified atom stereocenters. The smallest absolute Gasteiger partial charge is 0.0233 e. The highest BCUT2D eigenvalue weighted by Crippen LogP contribution is 2.08. The first-order chi connectivity index (χ1) is 5.75. The summed E-state index contributed by atoms with van der Waals surface area (Å²) in [5.74, 6) is 2.66. The summed E-state index contributed by atoms with van der Waals surface area (Å²) in [6.07, 6.45) is 7.13. The Labute approximate surface area is 74.4 Å². The van der Waals surface area contributed by atoms with Gasteiger partial charge in [0, 0.05) is 24.4 Å². The molecule has 1 heteroatoms. The normalized spacial score (nSPS) is 9.75. The predicted octanol–water partition coefficient (Wildman–Crippen LogP) is 2.52. The lowest BCUT2D eigenvalue weighted by Crippen LogP contribution is -2.01. The van der Waals surface area contributed by atoms with Crippen LogP contribution in [0.2, 0.25) is 0 Å². The van der Waals surface area contributed by atoms with E-state index in [2.05, 4.69) is 36.5 Å². The van der Waals surface area contributed by atoms with Crippen LogP contribution in [0.5, 0.6) is 0 Å². The Balaban J connectivity index is 2.57. The van der Waals surface area contributed by atoms with Gasteiger partial charge < -0.3 is 4.57 Å². The average Bonchev–Trinajstić information content (AvgIpc) is 2.35. The maximum absolute atomic E-state index is 5.18. The van der Waals surface area contributed by atoms with Crippen LogP contribution in [0.1, 0.15) is 24.2 Å². The van der Waals surface area contributed by atoms with Gasteiger partial charge in [-0.1, -0.05) is 0 Å². The summed E-state index contributed by atoms with van der Waals surface area (Å²) in [5.41, 5.74) is 2.65. The fourth-order valence-electron chi connectivity index (χ4n) is 1.39. The first-order valence-electron chi connectivity index (χ1n) is 4.32. The lowest BCUT2D eigenvalue weighted by atomic mass is 10.3. The van der Waals surface area contributed by atoms with Crippen molar-refractivity contribution in [2.24, 2.45) is 0 Å². The third kappa shape index (κ3) is 1.92. The van der Waals surface area contributed by atoms with E-state index in [1.54, 1.807) is 0 Å². The molecule has 0 radical (unpaired) electrons. The van der Waals surface area contributed by atoms with E-state index in [4.69, 9.17) is 6.42 Å². The molecule has 1 heterocycles. The molecule has 0 aliphatic rings. The highest BCUT2D eigenvalue weighted by Gasteiger charge is 1.98. The summed E-state index contributed by atoms with van der Waals surface area (Å²) in [6.45, 7) is 5.31. The standard InChI is InChI=1S/C11H15N/c1-4-5-6-9-12-10(2)7-8-11(12)3/h1,7-8H,5-6,9H2,2-3H3. The summed E-state index contributed by atoms with van der Waals surface area (Å²) < 4.78 is 2.30. The number of aromatic nitrogens is 1. The first kappa shape index (κ1) is 8.93. The Kier molecular flexibility index (Phi) is 2.99. The van der Waals surface area contributed by atoms with E-state index in [0.717, 1.165) is 19.4 Å². The zero-order valence-corrected chi connectivity index (χ0v) is 7.80. The zero-order valence-electron chi connectivity index (χ0n) is 7.80. The third-order valence-electron chi connectivity index (χ3n) is 2.12. The molecule has 0 saturated carbocycles. The summed E-state index contributed by atoms with van der Waals surface area (Å²) in [5, 5.41) is 0. The van der Waals surface area contributed by atoms with Crippen LogP contribution in [0.15, 0.2) is 12.1 Å². The first-order valence-corrected chi connectivity index (χ1v) is 4.32. The zero-order chi connectivity index (χ0) is 8.97. The maximum atomic E-state index is 5.18. The summed E-state index contributed by atoms with van der Waals surface area (Å²) in [4.78, 5) is 0. The molecule has 1 nitrogen and oxygen atoms in total. The number of aryl methyl sites for hydroxylation is 2. The Morgan fingerprint density at radius 2 is 1.92 bits per heavy atom. The molecule has 0 bridgehead atoms. The van der Waals surface area contributed by atoms with Gasteiger partial charge in [0.25, 0.3) is 0 Å². The molecule has 1 rings (SSSR count). The Bertz CT molecular complexity index is 269. The van der Waals surface area contributed by atoms with Crippen LogP contribution in [0, 0.1) is 26.2 Å². The van der Waals surface area contributed by atoms with Gasteiger partial charge in [0.2, 0.25) is 0 Å². The van der Waals surface area contributed by atoms with Crippen molar-refractivity contribution in [2.45, 2.75) is 33.2 Å². The minimum absolute atomic E-state index is 0.872. The minimum atomic E-state index is 0.872. The Hall–Kier alpha value is -1.16. The van der Waals surface area contributed by atoms with Gasteiger partial charge in [-0.3, -0.25) is 0 Å². The number of rotatable bonds is 3. The van der Waals surface area contributed by atoms with Gasteiger partial charge in [-0.25, -0.2) is 0 Å². The minimum Gasteiger partial charge on any atom is -0.349 e. The molecule has 0 aliphatic heterocycles. The number of terminal acetylenes is 1. The molecule has 0 atom stereocenters. The molecular formula is C11H15N. The topological polar surface area (TPSA) is 4.93 Å². The van der Waals surface area contributed by atoms with Crippen LogP contribution in [0.25, 0.3) is 0 Å². The summed E-state index contributed by atoms with van der Waals surface area (Å²) in [6, 6.07) is 4.29. The second-order valence-corrected chi connectivity index (χ2v) is 3.08. The molecule has 0 N–H and O–H groups in total. The number of hydrogen-bond donors (Lipinski definition) is 0. The van der Waals surface area contributed by atoms with E-state index in [9.17, 15) is 0 Å². The summed E-state index contributed by atoms with van der Waals surface area (Å²) >= 11 is 0. The van der Waals surface area contributed by atoms with Gasteiger partial charge in [0.05, 0.1) is 0 Å². The van der Waals surface area contributed by atoms with Crippen LogP contribution in [-0.4, -0.2) is 4.57 Å². The van der Waals surface area contributed by atoms with Gasteiger partial charge in [-0.15, -0.1) is 12.3 Å². The second-order valence-electron chi connectivity index (χ2n) is 3.08. The molecule has 12 heavy (non-hydrogen) atoms. The molecule has 0 spiro atoms. The van der Waals surface area contributed by atoms with E-state index in [-0.39, 0.29) is 0 Å². The lowest BCUT2D eigenvalue weighted by Gasteiger charge is -2.06. The molecule has 0 aliphatic carbocycles. The highest BCUT2D eigenvalue weighted by molar-refractivity contribution is 5.13. The number of unbranched alkanes of at least 4 members (excludes halogenated alkanes) is 1. The molecule has 0 saturated heterocycles. The van der Waals surface area contributed by atoms with E-state index in [0.29, 0.717) is 0 Å². The van der Waals surface area contributed by atoms with E-state index in [1.807, 2.05) is 0 Å². The van der Waals surface area contributed by atoms with E-state index in [1.165, 1.54) is 11.4 Å². The molecular weight excluding hydrogens is 146 g/mol. The monoisotopic (exact) mass is 161 g/mol. The van der Waals surface area contributed by atoms with Crippen molar-refractivity contribution in [1.82, 2.24) is 4.57 Å². The largest absolute Gasteiger partial charge is 0.349 e. The van der Waals surface area contributed by atoms with Crippen LogP contribution in [0.3, 0.4) is 0 Å². The highest BCUT2D eigenvalue weighted by atomic mass is 15.0. The molecule has 64 valence electrons. The van der Waals surface area contributed by atoms with Crippen LogP contribution >= 0.6 is 0 Å². The SMILES string of the molecule is C#CCCCn1c(C)ccc1C. The van der Waals surface area contributed by atoms with Gasteiger partial charge in [-0.2, -0.15) is 0 Å². The van der Waals surface area contributed by atoms with E-state index < -0.39 is 0 Å². The fourth-order valence-corrected chi connectivity index (χ4v) is 1.39. The van der Waals surface area contributed by atoms with Crippen molar-refractivity contribution in [3.63, 3.8) is 0 Å².